The SMILES string of the molecule is CN1CCOCC1.OC[C@H]1O[C@H](O)[C@@H](O)[C@](O)(n2cc(O)c3ccccc32)[C@@H]1O. The fourth-order valence-electron chi connectivity index (χ4n) is 3.53. The lowest BCUT2D eigenvalue weighted by atomic mass is 9.91. The molecule has 5 atom stereocenters. The van der Waals surface area contributed by atoms with Crippen molar-refractivity contribution < 1.29 is 40.1 Å². The number of aromatic nitrogens is 1. The number of nitrogens with zero attached hydrogens (tertiary/aromatic N) is 2. The zero-order chi connectivity index (χ0) is 21.2. The molecule has 2 saturated heterocycles. The minimum Gasteiger partial charge on any atom is -0.506 e. The fourth-order valence-corrected chi connectivity index (χ4v) is 3.53. The van der Waals surface area contributed by atoms with E-state index in [1.807, 2.05) is 0 Å². The van der Waals surface area contributed by atoms with E-state index in [0.29, 0.717) is 10.9 Å². The number of hydrogen-bond donors (Lipinski definition) is 6. The quantitative estimate of drug-likeness (QED) is 0.342. The van der Waals surface area contributed by atoms with Crippen LogP contribution in [0.4, 0.5) is 0 Å². The monoisotopic (exact) mass is 412 g/mol. The maximum atomic E-state index is 10.9. The number of benzene rings is 1. The summed E-state index contributed by atoms with van der Waals surface area (Å²) in [6.07, 6.45) is -5.59. The summed E-state index contributed by atoms with van der Waals surface area (Å²) in [5, 5.41) is 60.6. The third kappa shape index (κ3) is 4.11. The summed E-state index contributed by atoms with van der Waals surface area (Å²) in [5.41, 5.74) is -2.04. The van der Waals surface area contributed by atoms with E-state index in [4.69, 9.17) is 9.47 Å². The molecule has 0 unspecified atom stereocenters. The van der Waals surface area contributed by atoms with Gasteiger partial charge in [-0.25, -0.2) is 0 Å². The van der Waals surface area contributed by atoms with Crippen LogP contribution in [0.1, 0.15) is 0 Å². The molecule has 1 aromatic heterocycles. The van der Waals surface area contributed by atoms with Crippen LogP contribution in [0, 0.1) is 0 Å². The molecular formula is C19H28N2O8. The molecule has 0 radical (unpaired) electrons. The van der Waals surface area contributed by atoms with Gasteiger partial charge >= 0.3 is 0 Å². The third-order valence-corrected chi connectivity index (χ3v) is 5.30. The average Bonchev–Trinajstić information content (AvgIpc) is 3.07. The van der Waals surface area contributed by atoms with Gasteiger partial charge in [0, 0.05) is 24.7 Å². The summed E-state index contributed by atoms with van der Waals surface area (Å²) in [6, 6.07) is 6.50. The number of likely N-dealkylation sites (N-methyl/N-ethyl adjacent to an activating group) is 1. The first kappa shape index (κ1) is 21.9. The van der Waals surface area contributed by atoms with Gasteiger partial charge in [0.25, 0.3) is 0 Å². The van der Waals surface area contributed by atoms with Gasteiger partial charge in [0.15, 0.2) is 12.4 Å². The fraction of sp³-hybridized carbons (Fsp3) is 0.579. The van der Waals surface area contributed by atoms with Crippen LogP contribution in [0.25, 0.3) is 10.9 Å². The van der Waals surface area contributed by atoms with Crippen LogP contribution in [0.5, 0.6) is 5.75 Å². The van der Waals surface area contributed by atoms with Crippen LogP contribution in [-0.2, 0) is 15.2 Å². The van der Waals surface area contributed by atoms with E-state index in [2.05, 4.69) is 11.9 Å². The largest absolute Gasteiger partial charge is 0.506 e. The molecule has 3 heterocycles. The molecule has 0 aliphatic carbocycles. The maximum Gasteiger partial charge on any atom is 0.202 e. The third-order valence-electron chi connectivity index (χ3n) is 5.30. The molecule has 29 heavy (non-hydrogen) atoms. The molecule has 0 saturated carbocycles. The first-order chi connectivity index (χ1) is 13.8. The predicted octanol–water partition coefficient (Wildman–Crippen LogP) is -1.63. The molecule has 2 aliphatic rings. The van der Waals surface area contributed by atoms with Crippen LogP contribution in [-0.4, -0.2) is 105 Å². The topological polar surface area (TPSA) is 148 Å². The second kappa shape index (κ2) is 8.94. The highest BCUT2D eigenvalue weighted by atomic mass is 16.6. The molecule has 10 heteroatoms. The first-order valence-corrected chi connectivity index (χ1v) is 9.39. The van der Waals surface area contributed by atoms with Gasteiger partial charge in [-0.15, -0.1) is 0 Å². The second-order valence-electron chi connectivity index (χ2n) is 7.24. The summed E-state index contributed by atoms with van der Waals surface area (Å²) in [5.74, 6) is -0.162. The Kier molecular flexibility index (Phi) is 6.76. The van der Waals surface area contributed by atoms with Crippen molar-refractivity contribution in [3.63, 3.8) is 0 Å². The first-order valence-electron chi connectivity index (χ1n) is 9.39. The molecule has 2 aliphatic heterocycles. The van der Waals surface area contributed by atoms with Crippen LogP contribution in [0.2, 0.25) is 0 Å². The van der Waals surface area contributed by atoms with Crippen molar-refractivity contribution in [3.05, 3.63) is 30.5 Å². The molecule has 4 rings (SSSR count). The van der Waals surface area contributed by atoms with E-state index in [0.717, 1.165) is 37.1 Å². The van der Waals surface area contributed by atoms with E-state index in [1.54, 1.807) is 24.3 Å². The van der Waals surface area contributed by atoms with Crippen LogP contribution >= 0.6 is 0 Å². The van der Waals surface area contributed by atoms with Gasteiger partial charge in [-0.3, -0.25) is 0 Å². The summed E-state index contributed by atoms with van der Waals surface area (Å²) >= 11 is 0. The number of aliphatic hydroxyl groups is 5. The maximum absolute atomic E-state index is 10.9. The van der Waals surface area contributed by atoms with Crippen molar-refractivity contribution in [1.29, 1.82) is 0 Å². The molecule has 162 valence electrons. The van der Waals surface area contributed by atoms with E-state index in [9.17, 15) is 30.6 Å². The molecule has 6 N–H and O–H groups in total. The highest BCUT2D eigenvalue weighted by molar-refractivity contribution is 5.86. The number of rotatable bonds is 2. The molecule has 2 fully saturated rings. The number of morpholine rings is 1. The van der Waals surface area contributed by atoms with E-state index < -0.39 is 36.9 Å². The Balaban J connectivity index is 0.000000290. The van der Waals surface area contributed by atoms with Gasteiger partial charge in [0.1, 0.15) is 18.0 Å². The number of para-hydroxylation sites is 1. The Morgan fingerprint density at radius 3 is 2.34 bits per heavy atom. The Hall–Kier alpha value is -1.76. The van der Waals surface area contributed by atoms with Gasteiger partial charge in [0.05, 0.1) is 25.3 Å². The average molecular weight is 412 g/mol. The lowest BCUT2D eigenvalue weighted by molar-refractivity contribution is -0.346. The van der Waals surface area contributed by atoms with E-state index in [-0.39, 0.29) is 5.75 Å². The summed E-state index contributed by atoms with van der Waals surface area (Å²) in [7, 11) is 2.11. The van der Waals surface area contributed by atoms with Crippen molar-refractivity contribution in [2.75, 3.05) is 40.0 Å². The highest BCUT2D eigenvalue weighted by Crippen LogP contribution is 2.38. The van der Waals surface area contributed by atoms with Gasteiger partial charge in [0.2, 0.25) is 5.72 Å². The van der Waals surface area contributed by atoms with Gasteiger partial charge in [-0.05, 0) is 19.2 Å². The van der Waals surface area contributed by atoms with Crippen molar-refractivity contribution in [2.45, 2.75) is 30.3 Å². The highest BCUT2D eigenvalue weighted by Gasteiger charge is 2.56. The molecule has 0 amide bonds. The van der Waals surface area contributed by atoms with Gasteiger partial charge < -0.3 is 49.6 Å². The summed E-state index contributed by atoms with van der Waals surface area (Å²) in [6.45, 7) is 3.35. The number of aromatic hydroxyl groups is 1. The van der Waals surface area contributed by atoms with Crippen molar-refractivity contribution in [1.82, 2.24) is 9.47 Å². The van der Waals surface area contributed by atoms with E-state index >= 15 is 0 Å². The Morgan fingerprint density at radius 2 is 1.76 bits per heavy atom. The standard InChI is InChI=1S/C14H17NO7.C5H11NO/c16-6-10-11(18)14(21,12(19)13(20)22-10)15-5-9(17)7-3-1-2-4-8(7)15;1-6-2-4-7-5-3-6/h1-5,10-13,16-21H,6H2;2-5H2,1H3/t10-,11-,12-,13+,14+;/m1./s1. The molecule has 0 bridgehead atoms. The summed E-state index contributed by atoms with van der Waals surface area (Å²) < 4.78 is 11.0. The van der Waals surface area contributed by atoms with Crippen molar-refractivity contribution in [2.24, 2.45) is 0 Å². The van der Waals surface area contributed by atoms with Crippen molar-refractivity contribution in [3.8, 4) is 5.75 Å². The van der Waals surface area contributed by atoms with Crippen LogP contribution in [0.15, 0.2) is 30.5 Å². The second-order valence-corrected chi connectivity index (χ2v) is 7.24. The molecule has 10 nitrogen and oxygen atoms in total. The molecular weight excluding hydrogens is 384 g/mol. The smallest absolute Gasteiger partial charge is 0.202 e. The summed E-state index contributed by atoms with van der Waals surface area (Å²) in [4.78, 5) is 2.27. The number of aliphatic hydroxyl groups excluding tert-OH is 4. The number of hydrogen-bond acceptors (Lipinski definition) is 9. The zero-order valence-corrected chi connectivity index (χ0v) is 16.1. The predicted molar refractivity (Wildman–Crippen MR) is 102 cm³/mol. The Morgan fingerprint density at radius 1 is 1.10 bits per heavy atom. The van der Waals surface area contributed by atoms with Crippen molar-refractivity contribution >= 4 is 10.9 Å². The molecule has 0 spiro atoms. The Labute approximate surface area is 167 Å². The molecule has 2 aromatic rings. The minimum absolute atomic E-state index is 0.162. The normalized spacial score (nSPS) is 33.3. The number of fused-ring (bicyclic) bond motifs is 1. The van der Waals surface area contributed by atoms with Crippen LogP contribution < -0.4 is 0 Å². The molecule has 1 aromatic carbocycles. The zero-order valence-electron chi connectivity index (χ0n) is 16.1. The minimum atomic E-state index is -2.38. The lowest BCUT2D eigenvalue weighted by Crippen LogP contribution is -2.67. The van der Waals surface area contributed by atoms with Gasteiger partial charge in [-0.2, -0.15) is 0 Å². The lowest BCUT2D eigenvalue weighted by Gasteiger charge is -2.47. The Bertz CT molecular complexity index is 809. The number of ether oxygens (including phenoxy) is 2. The van der Waals surface area contributed by atoms with Crippen LogP contribution in [0.3, 0.4) is 0 Å². The van der Waals surface area contributed by atoms with Gasteiger partial charge in [-0.1, -0.05) is 12.1 Å². The van der Waals surface area contributed by atoms with E-state index in [1.165, 1.54) is 0 Å².